The minimum atomic E-state index is -0.806. The van der Waals surface area contributed by atoms with Gasteiger partial charge >= 0.3 is 17.9 Å². The van der Waals surface area contributed by atoms with Crippen molar-refractivity contribution in [3.05, 3.63) is 97.2 Å². The lowest BCUT2D eigenvalue weighted by Gasteiger charge is -2.18. The molecule has 346 valence electrons. The first-order valence-corrected chi connectivity index (χ1v) is 24.8. The van der Waals surface area contributed by atoms with E-state index >= 15 is 0 Å². The van der Waals surface area contributed by atoms with Crippen LogP contribution in [-0.2, 0) is 28.6 Å². The smallest absolute Gasteiger partial charge is 0.306 e. The second kappa shape index (κ2) is 49.0. The number of rotatable bonds is 43. The highest BCUT2D eigenvalue weighted by Crippen LogP contribution is 2.13. The normalized spacial score (nSPS) is 12.9. The molecule has 0 saturated heterocycles. The molecular weight excluding hydrogens is 757 g/mol. The van der Waals surface area contributed by atoms with Crippen LogP contribution in [0.15, 0.2) is 97.2 Å². The molecule has 0 aliphatic carbocycles. The highest BCUT2D eigenvalue weighted by atomic mass is 16.6. The summed E-state index contributed by atoms with van der Waals surface area (Å²) in [6, 6.07) is 0. The van der Waals surface area contributed by atoms with Gasteiger partial charge in [-0.05, 0) is 83.5 Å². The number of ether oxygens (including phenoxy) is 3. The number of carbonyl (C=O) groups excluding carboxylic acids is 3. The van der Waals surface area contributed by atoms with Gasteiger partial charge < -0.3 is 14.2 Å². The number of esters is 3. The SMILES string of the molecule is CCC\C=C/C=C\C=C/C=C\C=C/CCCCCCCC(=O)OCC(COC(=O)CCCCC/C=C\C=C/CCCC)OC(=O)CCCCC/C=C\CCCCCCCCC. The molecule has 0 aromatic carbocycles. The molecule has 0 bridgehead atoms. The van der Waals surface area contributed by atoms with E-state index in [-0.39, 0.29) is 31.1 Å². The lowest BCUT2D eigenvalue weighted by molar-refractivity contribution is -0.167. The summed E-state index contributed by atoms with van der Waals surface area (Å²) in [4.78, 5) is 37.9. The van der Waals surface area contributed by atoms with E-state index in [1.54, 1.807) is 0 Å². The highest BCUT2D eigenvalue weighted by Gasteiger charge is 2.19. The summed E-state index contributed by atoms with van der Waals surface area (Å²) in [7, 11) is 0. The van der Waals surface area contributed by atoms with Crippen LogP contribution in [0.5, 0.6) is 0 Å². The third-order valence-corrected chi connectivity index (χ3v) is 10.2. The van der Waals surface area contributed by atoms with Crippen LogP contribution in [0.4, 0.5) is 0 Å². The van der Waals surface area contributed by atoms with Gasteiger partial charge in [0.1, 0.15) is 13.2 Å². The summed E-state index contributed by atoms with van der Waals surface area (Å²) in [6.07, 6.45) is 63.8. The predicted octanol–water partition coefficient (Wildman–Crippen LogP) is 16.2. The summed E-state index contributed by atoms with van der Waals surface area (Å²) in [6.45, 7) is 6.42. The fourth-order valence-electron chi connectivity index (χ4n) is 6.38. The van der Waals surface area contributed by atoms with Crippen LogP contribution in [0, 0.1) is 0 Å². The van der Waals surface area contributed by atoms with E-state index in [1.807, 2.05) is 36.5 Å². The lowest BCUT2D eigenvalue weighted by atomic mass is 10.1. The third kappa shape index (κ3) is 47.2. The quantitative estimate of drug-likeness (QED) is 0.0200. The Labute approximate surface area is 375 Å². The molecule has 0 saturated carbocycles. The van der Waals surface area contributed by atoms with E-state index in [0.29, 0.717) is 19.3 Å². The van der Waals surface area contributed by atoms with E-state index in [0.717, 1.165) is 109 Å². The maximum absolute atomic E-state index is 12.8. The van der Waals surface area contributed by atoms with Gasteiger partial charge in [0.05, 0.1) is 0 Å². The lowest BCUT2D eigenvalue weighted by Crippen LogP contribution is -2.30. The number of carbonyl (C=O) groups is 3. The Hall–Kier alpha value is -3.67. The summed E-state index contributed by atoms with van der Waals surface area (Å²) < 4.78 is 16.7. The average Bonchev–Trinajstić information content (AvgIpc) is 3.26. The largest absolute Gasteiger partial charge is 0.462 e. The molecule has 0 radical (unpaired) electrons. The standard InChI is InChI=1S/C55H90O6/c1-4-7-10-13-16-19-22-24-26-27-28-29-31-33-36-39-42-45-48-54(57)60-51-52(50-59-53(56)47-44-41-38-35-32-21-18-15-12-9-6-3)61-55(58)49-46-43-40-37-34-30-25-23-20-17-14-11-8-5-2/h10,13,15-16,18-19,21-22,24,26-30,32,34,52H,4-9,11-12,14,17,20,23,25,31,33,35-51H2,1-3H3/b13-10-,18-15-,19-16-,24-22-,27-26-,29-28-,32-21-,34-30-. The average molecular weight is 847 g/mol. The number of hydrogen-bond donors (Lipinski definition) is 0. The van der Waals surface area contributed by atoms with Crippen LogP contribution < -0.4 is 0 Å². The van der Waals surface area contributed by atoms with Gasteiger partial charge in [0.2, 0.25) is 0 Å². The summed E-state index contributed by atoms with van der Waals surface area (Å²) >= 11 is 0. The van der Waals surface area contributed by atoms with E-state index in [2.05, 4.69) is 81.5 Å². The minimum Gasteiger partial charge on any atom is -0.462 e. The van der Waals surface area contributed by atoms with Gasteiger partial charge in [0.25, 0.3) is 0 Å². The molecule has 0 aliphatic heterocycles. The topological polar surface area (TPSA) is 78.9 Å². The van der Waals surface area contributed by atoms with Crippen molar-refractivity contribution < 1.29 is 28.6 Å². The van der Waals surface area contributed by atoms with Crippen molar-refractivity contribution in [1.82, 2.24) is 0 Å². The first-order chi connectivity index (χ1) is 30.0. The second-order valence-electron chi connectivity index (χ2n) is 16.2. The van der Waals surface area contributed by atoms with Gasteiger partial charge in [-0.2, -0.15) is 0 Å². The van der Waals surface area contributed by atoms with Gasteiger partial charge in [-0.3, -0.25) is 14.4 Å². The van der Waals surface area contributed by atoms with Gasteiger partial charge in [-0.1, -0.05) is 208 Å². The molecule has 0 spiro atoms. The van der Waals surface area contributed by atoms with Gasteiger partial charge in [0, 0.05) is 19.3 Å². The maximum atomic E-state index is 12.8. The molecule has 6 heteroatoms. The molecule has 0 aromatic heterocycles. The summed E-state index contributed by atoms with van der Waals surface area (Å²) in [5.41, 5.74) is 0. The van der Waals surface area contributed by atoms with Crippen molar-refractivity contribution in [2.45, 2.75) is 219 Å². The fourth-order valence-corrected chi connectivity index (χ4v) is 6.38. The Morgan fingerprint density at radius 3 is 1.11 bits per heavy atom. The van der Waals surface area contributed by atoms with E-state index in [9.17, 15) is 14.4 Å². The molecule has 0 N–H and O–H groups in total. The minimum absolute atomic E-state index is 0.107. The van der Waals surface area contributed by atoms with Crippen molar-refractivity contribution >= 4 is 17.9 Å². The highest BCUT2D eigenvalue weighted by molar-refractivity contribution is 5.71. The van der Waals surface area contributed by atoms with Crippen molar-refractivity contribution in [3.8, 4) is 0 Å². The van der Waals surface area contributed by atoms with Gasteiger partial charge in [-0.25, -0.2) is 0 Å². The van der Waals surface area contributed by atoms with Crippen LogP contribution in [0.1, 0.15) is 213 Å². The van der Waals surface area contributed by atoms with E-state index in [4.69, 9.17) is 14.2 Å². The van der Waals surface area contributed by atoms with E-state index < -0.39 is 6.10 Å². The first kappa shape index (κ1) is 57.3. The monoisotopic (exact) mass is 847 g/mol. The molecule has 0 fully saturated rings. The molecule has 1 unspecified atom stereocenters. The molecule has 1 atom stereocenters. The predicted molar refractivity (Wildman–Crippen MR) is 260 cm³/mol. The van der Waals surface area contributed by atoms with Crippen LogP contribution in [-0.4, -0.2) is 37.2 Å². The zero-order valence-electron chi connectivity index (χ0n) is 39.4. The van der Waals surface area contributed by atoms with Gasteiger partial charge in [0.15, 0.2) is 6.10 Å². The maximum Gasteiger partial charge on any atom is 0.306 e. The van der Waals surface area contributed by atoms with Crippen molar-refractivity contribution in [2.24, 2.45) is 0 Å². The fraction of sp³-hybridized carbons (Fsp3) is 0.655. The van der Waals surface area contributed by atoms with E-state index in [1.165, 1.54) is 64.2 Å². The molecule has 0 aromatic rings. The molecule has 0 amide bonds. The first-order valence-electron chi connectivity index (χ1n) is 24.8. The Balaban J connectivity index is 4.49. The third-order valence-electron chi connectivity index (χ3n) is 10.2. The molecule has 6 nitrogen and oxygen atoms in total. The number of hydrogen-bond acceptors (Lipinski definition) is 6. The zero-order valence-corrected chi connectivity index (χ0v) is 39.4. The Morgan fingerprint density at radius 2 is 0.656 bits per heavy atom. The van der Waals surface area contributed by atoms with Crippen molar-refractivity contribution in [1.29, 1.82) is 0 Å². The summed E-state index contributed by atoms with van der Waals surface area (Å²) in [5.74, 6) is -0.980. The van der Waals surface area contributed by atoms with Crippen LogP contribution in [0.3, 0.4) is 0 Å². The number of unbranched alkanes of at least 4 members (excludes halogenated alkanes) is 21. The molecule has 0 aliphatic rings. The zero-order chi connectivity index (χ0) is 44.4. The molecule has 0 rings (SSSR count). The van der Waals surface area contributed by atoms with Crippen LogP contribution >= 0.6 is 0 Å². The number of allylic oxidation sites excluding steroid dienone is 16. The van der Waals surface area contributed by atoms with Crippen LogP contribution in [0.2, 0.25) is 0 Å². The molecule has 61 heavy (non-hydrogen) atoms. The van der Waals surface area contributed by atoms with Gasteiger partial charge in [-0.15, -0.1) is 0 Å². The van der Waals surface area contributed by atoms with Crippen molar-refractivity contribution in [2.75, 3.05) is 13.2 Å². The molecule has 0 heterocycles. The Morgan fingerprint density at radius 1 is 0.328 bits per heavy atom. The Bertz CT molecular complexity index is 1250. The second-order valence-corrected chi connectivity index (χ2v) is 16.2. The van der Waals surface area contributed by atoms with Crippen LogP contribution in [0.25, 0.3) is 0 Å². The Kier molecular flexibility index (Phi) is 46.0. The van der Waals surface area contributed by atoms with Crippen molar-refractivity contribution in [3.63, 3.8) is 0 Å². The summed E-state index contributed by atoms with van der Waals surface area (Å²) in [5, 5.41) is 0. The molecular formula is C55H90O6.